The van der Waals surface area contributed by atoms with Crippen LogP contribution < -0.4 is 9.47 Å². The number of carbonyl (C=O) groups is 1. The Kier molecular flexibility index (Phi) is 1.54. The molecule has 1 aromatic rings. The van der Waals surface area contributed by atoms with Gasteiger partial charge in [-0.15, -0.1) is 0 Å². The molecule has 0 radical (unpaired) electrons. The van der Waals surface area contributed by atoms with Gasteiger partial charge in [-0.2, -0.15) is 0 Å². The van der Waals surface area contributed by atoms with Gasteiger partial charge in [0.2, 0.25) is 6.79 Å². The van der Waals surface area contributed by atoms with Crippen molar-refractivity contribution in [3.63, 3.8) is 0 Å². The lowest BCUT2D eigenvalue weighted by Crippen LogP contribution is -1.97. The molecule has 0 saturated heterocycles. The molecule has 4 heteroatoms. The zero-order valence-corrected chi connectivity index (χ0v) is 7.82. The van der Waals surface area contributed by atoms with Gasteiger partial charge in [0.25, 0.3) is 0 Å². The molecule has 0 saturated carbocycles. The van der Waals surface area contributed by atoms with Crippen molar-refractivity contribution >= 4 is 11.5 Å². The fourth-order valence-corrected chi connectivity index (χ4v) is 1.93. The molecule has 0 amide bonds. The molecule has 0 atom stereocenters. The van der Waals surface area contributed by atoms with E-state index in [0.29, 0.717) is 23.5 Å². The van der Waals surface area contributed by atoms with E-state index in [2.05, 4.69) is 0 Å². The summed E-state index contributed by atoms with van der Waals surface area (Å²) in [4.78, 5) is 10.9. The van der Waals surface area contributed by atoms with Crippen LogP contribution in [0.5, 0.6) is 11.5 Å². The van der Waals surface area contributed by atoms with Crippen molar-refractivity contribution in [2.45, 2.75) is 6.42 Å². The molecule has 4 nitrogen and oxygen atoms in total. The number of fused-ring (bicyclic) bond motifs is 2. The van der Waals surface area contributed by atoms with E-state index in [1.807, 2.05) is 6.07 Å². The van der Waals surface area contributed by atoms with Crippen LogP contribution in [0.15, 0.2) is 18.2 Å². The zero-order chi connectivity index (χ0) is 10.4. The van der Waals surface area contributed by atoms with Crippen LogP contribution in [0.4, 0.5) is 0 Å². The summed E-state index contributed by atoms with van der Waals surface area (Å²) in [5.74, 6) is 0.434. The molecule has 1 aromatic carbocycles. The molecule has 0 aromatic heterocycles. The number of benzene rings is 1. The average Bonchev–Trinajstić information content (AvgIpc) is 2.77. The molecule has 0 spiro atoms. The summed E-state index contributed by atoms with van der Waals surface area (Å²) in [6.45, 7) is 0.213. The van der Waals surface area contributed by atoms with Crippen molar-refractivity contribution in [3.05, 3.63) is 29.3 Å². The van der Waals surface area contributed by atoms with Gasteiger partial charge in [0.15, 0.2) is 11.5 Å². The van der Waals surface area contributed by atoms with Crippen LogP contribution in [-0.4, -0.2) is 17.9 Å². The van der Waals surface area contributed by atoms with Gasteiger partial charge in [-0.3, -0.25) is 0 Å². The van der Waals surface area contributed by atoms with E-state index in [9.17, 15) is 4.79 Å². The summed E-state index contributed by atoms with van der Waals surface area (Å²) >= 11 is 0. The first-order valence-corrected chi connectivity index (χ1v) is 4.62. The van der Waals surface area contributed by atoms with Gasteiger partial charge in [0, 0.05) is 0 Å². The Bertz CT molecular complexity index is 488. The topological polar surface area (TPSA) is 55.8 Å². The summed E-state index contributed by atoms with van der Waals surface area (Å²) in [6, 6.07) is 3.59. The van der Waals surface area contributed by atoms with E-state index in [-0.39, 0.29) is 6.79 Å². The molecule has 2 aliphatic rings. The maximum Gasteiger partial charge on any atom is 0.335 e. The quantitative estimate of drug-likeness (QED) is 0.752. The highest BCUT2D eigenvalue weighted by Gasteiger charge is 2.24. The Morgan fingerprint density at radius 2 is 2.00 bits per heavy atom. The third kappa shape index (κ3) is 1.11. The lowest BCUT2D eigenvalue weighted by atomic mass is 10.0. The van der Waals surface area contributed by atoms with Gasteiger partial charge in [0.1, 0.15) is 0 Å². The van der Waals surface area contributed by atoms with E-state index >= 15 is 0 Å². The van der Waals surface area contributed by atoms with Crippen LogP contribution in [0.25, 0.3) is 5.57 Å². The molecular weight excluding hydrogens is 196 g/mol. The van der Waals surface area contributed by atoms with E-state index in [0.717, 1.165) is 11.1 Å². The van der Waals surface area contributed by atoms with Crippen LogP contribution in [0.3, 0.4) is 0 Å². The first-order chi connectivity index (χ1) is 7.25. The normalized spacial score (nSPS) is 16.1. The monoisotopic (exact) mass is 204 g/mol. The number of hydrogen-bond acceptors (Lipinski definition) is 3. The Morgan fingerprint density at radius 1 is 1.27 bits per heavy atom. The Balaban J connectivity index is 2.14. The maximum atomic E-state index is 10.9. The summed E-state index contributed by atoms with van der Waals surface area (Å²) < 4.78 is 10.4. The number of carboxylic acids is 1. The second kappa shape index (κ2) is 2.76. The molecule has 15 heavy (non-hydrogen) atoms. The van der Waals surface area contributed by atoms with Crippen LogP contribution in [0, 0.1) is 0 Å². The highest BCUT2D eigenvalue weighted by atomic mass is 16.7. The molecule has 0 unspecified atom stereocenters. The fourth-order valence-electron chi connectivity index (χ4n) is 1.93. The lowest BCUT2D eigenvalue weighted by Gasteiger charge is -2.03. The molecule has 1 heterocycles. The van der Waals surface area contributed by atoms with Crippen molar-refractivity contribution in [2.24, 2.45) is 0 Å². The second-order valence-corrected chi connectivity index (χ2v) is 3.49. The highest BCUT2D eigenvalue weighted by Crippen LogP contribution is 2.39. The molecule has 1 N–H and O–H groups in total. The standard InChI is InChI=1S/C11H8O4/c12-11(13)7-2-1-6-3-9-10(4-8(6)7)15-5-14-9/h2-4H,1,5H2,(H,12,13). The van der Waals surface area contributed by atoms with Crippen LogP contribution >= 0.6 is 0 Å². The van der Waals surface area contributed by atoms with Crippen molar-refractivity contribution in [3.8, 4) is 11.5 Å². The largest absolute Gasteiger partial charge is 0.478 e. The maximum absolute atomic E-state index is 10.9. The van der Waals surface area contributed by atoms with Crippen LogP contribution in [-0.2, 0) is 11.2 Å². The Hall–Kier alpha value is -1.97. The average molecular weight is 204 g/mol. The second-order valence-electron chi connectivity index (χ2n) is 3.49. The SMILES string of the molecule is O=C(O)C1=CCc2cc3c(cc21)OCO3. The number of carboxylic acid groups (broad SMARTS) is 1. The van der Waals surface area contributed by atoms with Crippen molar-refractivity contribution < 1.29 is 19.4 Å². The lowest BCUT2D eigenvalue weighted by molar-refractivity contribution is -0.130. The number of hydrogen-bond donors (Lipinski definition) is 1. The van der Waals surface area contributed by atoms with Gasteiger partial charge < -0.3 is 14.6 Å². The third-order valence-corrected chi connectivity index (χ3v) is 2.65. The van der Waals surface area contributed by atoms with Gasteiger partial charge >= 0.3 is 5.97 Å². The minimum atomic E-state index is -0.896. The summed E-state index contributed by atoms with van der Waals surface area (Å²) in [6.07, 6.45) is 2.36. The molecule has 1 aliphatic heterocycles. The van der Waals surface area contributed by atoms with Crippen LogP contribution in [0.2, 0.25) is 0 Å². The van der Waals surface area contributed by atoms with E-state index < -0.39 is 5.97 Å². The molecule has 0 fully saturated rings. The number of ether oxygens (including phenoxy) is 2. The minimum absolute atomic E-state index is 0.213. The fraction of sp³-hybridized carbons (Fsp3) is 0.182. The van der Waals surface area contributed by atoms with Crippen molar-refractivity contribution in [2.75, 3.05) is 6.79 Å². The van der Waals surface area contributed by atoms with Gasteiger partial charge in [0.05, 0.1) is 5.57 Å². The van der Waals surface area contributed by atoms with E-state index in [1.165, 1.54) is 0 Å². The van der Waals surface area contributed by atoms with Crippen molar-refractivity contribution in [1.29, 1.82) is 0 Å². The molecule has 0 bridgehead atoms. The minimum Gasteiger partial charge on any atom is -0.478 e. The third-order valence-electron chi connectivity index (χ3n) is 2.65. The van der Waals surface area contributed by atoms with Crippen molar-refractivity contribution in [1.82, 2.24) is 0 Å². The van der Waals surface area contributed by atoms with E-state index in [1.54, 1.807) is 12.1 Å². The van der Waals surface area contributed by atoms with Gasteiger partial charge in [-0.25, -0.2) is 4.79 Å². The molecule has 76 valence electrons. The molecular formula is C11H8O4. The number of aliphatic carboxylic acids is 1. The predicted octanol–water partition coefficient (Wildman–Crippen LogP) is 1.44. The first-order valence-electron chi connectivity index (χ1n) is 4.62. The zero-order valence-electron chi connectivity index (χ0n) is 7.82. The smallest absolute Gasteiger partial charge is 0.335 e. The molecule has 3 rings (SSSR count). The summed E-state index contributed by atoms with van der Waals surface area (Å²) in [7, 11) is 0. The summed E-state index contributed by atoms with van der Waals surface area (Å²) in [5.41, 5.74) is 2.08. The Morgan fingerprint density at radius 3 is 2.73 bits per heavy atom. The highest BCUT2D eigenvalue weighted by molar-refractivity contribution is 6.17. The van der Waals surface area contributed by atoms with Crippen LogP contribution in [0.1, 0.15) is 11.1 Å². The van der Waals surface area contributed by atoms with E-state index in [4.69, 9.17) is 14.6 Å². The predicted molar refractivity (Wildman–Crippen MR) is 51.9 cm³/mol. The molecule has 1 aliphatic carbocycles. The number of allylic oxidation sites excluding steroid dienone is 1. The summed E-state index contributed by atoms with van der Waals surface area (Å²) in [5, 5.41) is 8.97. The van der Waals surface area contributed by atoms with Gasteiger partial charge in [-0.1, -0.05) is 6.08 Å². The Labute approximate surface area is 85.7 Å². The first kappa shape index (κ1) is 8.35. The number of rotatable bonds is 1. The van der Waals surface area contributed by atoms with Gasteiger partial charge in [-0.05, 0) is 29.7 Å².